The summed E-state index contributed by atoms with van der Waals surface area (Å²) in [6, 6.07) is 0.539. The highest BCUT2D eigenvalue weighted by atomic mass is 28.3. The molecule has 0 aliphatic heterocycles. The average Bonchev–Trinajstić information content (AvgIpc) is 2.05. The van der Waals surface area contributed by atoms with Crippen LogP contribution in [0.15, 0.2) is 0 Å². The van der Waals surface area contributed by atoms with Crippen molar-refractivity contribution in [3.8, 4) is 0 Å². The molecule has 0 spiro atoms. The fraction of sp³-hybridized carbons (Fsp3) is 0.875. The quantitative estimate of drug-likeness (QED) is 0.631. The zero-order valence-electron chi connectivity index (χ0n) is 8.45. The second-order valence-electron chi connectivity index (χ2n) is 2.82. The number of hydrogen-bond acceptors (Lipinski definition) is 3. The number of carboxylic acid groups (broad SMARTS) is 1. The molecular weight excluding hydrogens is 188 g/mol. The first-order chi connectivity index (χ1) is 6.11. The summed E-state index contributed by atoms with van der Waals surface area (Å²) in [5.41, 5.74) is 0. The van der Waals surface area contributed by atoms with Gasteiger partial charge in [0.2, 0.25) is 0 Å². The van der Waals surface area contributed by atoms with Gasteiger partial charge >= 0.3 is 15.3 Å². The summed E-state index contributed by atoms with van der Waals surface area (Å²) in [4.78, 5) is 10.6. The number of aliphatic carboxylic acids is 1. The third kappa shape index (κ3) is 5.79. The van der Waals surface area contributed by atoms with Crippen LogP contribution in [0.25, 0.3) is 0 Å². The van der Waals surface area contributed by atoms with Crippen molar-refractivity contribution >= 4 is 15.3 Å². The van der Waals surface area contributed by atoms with Gasteiger partial charge in [-0.05, 0) is 13.8 Å². The summed E-state index contributed by atoms with van der Waals surface area (Å²) in [6.45, 7) is 6.67. The molecule has 78 valence electrons. The number of hydrogen-bond donors (Lipinski definition) is 1. The fourth-order valence-corrected chi connectivity index (χ4v) is 2.84. The SMILES string of the molecule is CCO[SiH](CC(C)C(=O)O)OCC. The molecule has 0 amide bonds. The van der Waals surface area contributed by atoms with Crippen molar-refractivity contribution in [2.24, 2.45) is 5.92 Å². The van der Waals surface area contributed by atoms with E-state index in [1.807, 2.05) is 13.8 Å². The summed E-state index contributed by atoms with van der Waals surface area (Å²) in [6.07, 6.45) is 0. The molecule has 0 radical (unpaired) electrons. The smallest absolute Gasteiger partial charge is 0.322 e. The lowest BCUT2D eigenvalue weighted by Gasteiger charge is -2.16. The Morgan fingerprint density at radius 3 is 2.15 bits per heavy atom. The molecule has 0 saturated carbocycles. The Hall–Kier alpha value is -0.393. The molecule has 1 N–H and O–H groups in total. The predicted octanol–water partition coefficient (Wildman–Crippen LogP) is 1.00. The monoisotopic (exact) mass is 206 g/mol. The van der Waals surface area contributed by atoms with E-state index in [4.69, 9.17) is 14.0 Å². The lowest BCUT2D eigenvalue weighted by atomic mass is 10.2. The highest BCUT2D eigenvalue weighted by molar-refractivity contribution is 6.44. The molecule has 0 aromatic rings. The van der Waals surface area contributed by atoms with Gasteiger partial charge in [-0.25, -0.2) is 0 Å². The molecular formula is C8H18O4Si. The van der Waals surface area contributed by atoms with Crippen LogP contribution in [0.4, 0.5) is 0 Å². The van der Waals surface area contributed by atoms with Crippen LogP contribution in [0.5, 0.6) is 0 Å². The second-order valence-corrected chi connectivity index (χ2v) is 4.81. The van der Waals surface area contributed by atoms with Crippen LogP contribution in [-0.2, 0) is 13.6 Å². The summed E-state index contributed by atoms with van der Waals surface area (Å²) in [5, 5.41) is 8.68. The van der Waals surface area contributed by atoms with E-state index < -0.39 is 15.3 Å². The number of carbonyl (C=O) groups is 1. The standard InChI is InChI=1S/C8H18O4Si/c1-4-11-13(12-5-2)6-7(3)8(9)10/h7,13H,4-6H2,1-3H3,(H,9,10). The van der Waals surface area contributed by atoms with Crippen molar-refractivity contribution in [1.29, 1.82) is 0 Å². The molecule has 4 nitrogen and oxygen atoms in total. The van der Waals surface area contributed by atoms with Gasteiger partial charge in [-0.15, -0.1) is 0 Å². The van der Waals surface area contributed by atoms with Crippen LogP contribution in [0, 0.1) is 5.92 Å². The summed E-state index contributed by atoms with van der Waals surface area (Å²) < 4.78 is 10.7. The number of carboxylic acids is 1. The predicted molar refractivity (Wildman–Crippen MR) is 52.0 cm³/mol. The minimum atomic E-state index is -1.73. The molecule has 0 rings (SSSR count). The summed E-state index contributed by atoms with van der Waals surface area (Å²) in [5.74, 6) is -1.15. The first-order valence-corrected chi connectivity index (χ1v) is 6.33. The lowest BCUT2D eigenvalue weighted by molar-refractivity contribution is -0.140. The van der Waals surface area contributed by atoms with Crippen LogP contribution in [-0.4, -0.2) is 33.6 Å². The Kier molecular flexibility index (Phi) is 6.84. The molecule has 0 aliphatic rings. The zero-order chi connectivity index (χ0) is 10.3. The van der Waals surface area contributed by atoms with Gasteiger partial charge in [-0.1, -0.05) is 6.92 Å². The first-order valence-electron chi connectivity index (χ1n) is 4.57. The third-order valence-corrected chi connectivity index (χ3v) is 4.17. The molecule has 0 saturated heterocycles. The van der Waals surface area contributed by atoms with Crippen LogP contribution in [0.1, 0.15) is 20.8 Å². The Morgan fingerprint density at radius 2 is 1.85 bits per heavy atom. The maximum atomic E-state index is 10.6. The van der Waals surface area contributed by atoms with E-state index in [0.717, 1.165) is 0 Å². The molecule has 0 bridgehead atoms. The maximum Gasteiger partial charge on any atom is 0.322 e. The highest BCUT2D eigenvalue weighted by Gasteiger charge is 2.20. The Morgan fingerprint density at radius 1 is 1.38 bits per heavy atom. The molecule has 1 atom stereocenters. The molecule has 0 aliphatic carbocycles. The van der Waals surface area contributed by atoms with E-state index in [0.29, 0.717) is 19.3 Å². The molecule has 5 heteroatoms. The van der Waals surface area contributed by atoms with Crippen molar-refractivity contribution in [3.05, 3.63) is 0 Å². The summed E-state index contributed by atoms with van der Waals surface area (Å²) in [7, 11) is -1.73. The van der Waals surface area contributed by atoms with E-state index in [9.17, 15) is 4.79 Å². The lowest BCUT2D eigenvalue weighted by Crippen LogP contribution is -2.27. The minimum absolute atomic E-state index is 0.366. The number of rotatable bonds is 7. The van der Waals surface area contributed by atoms with Gasteiger partial charge < -0.3 is 14.0 Å². The van der Waals surface area contributed by atoms with E-state index >= 15 is 0 Å². The van der Waals surface area contributed by atoms with Gasteiger partial charge in [0.05, 0.1) is 5.92 Å². The van der Waals surface area contributed by atoms with Crippen molar-refractivity contribution < 1.29 is 18.8 Å². The second kappa shape index (κ2) is 7.05. The van der Waals surface area contributed by atoms with Crippen molar-refractivity contribution in [2.75, 3.05) is 13.2 Å². The van der Waals surface area contributed by atoms with Gasteiger partial charge in [-0.2, -0.15) is 0 Å². The van der Waals surface area contributed by atoms with Crippen LogP contribution < -0.4 is 0 Å². The molecule has 0 heterocycles. The normalized spacial score (nSPS) is 13.2. The molecule has 0 aromatic heterocycles. The van der Waals surface area contributed by atoms with E-state index in [1.54, 1.807) is 6.92 Å². The third-order valence-electron chi connectivity index (χ3n) is 1.67. The van der Waals surface area contributed by atoms with Crippen molar-refractivity contribution in [1.82, 2.24) is 0 Å². The van der Waals surface area contributed by atoms with Crippen LogP contribution in [0.3, 0.4) is 0 Å². The van der Waals surface area contributed by atoms with Gasteiger partial charge in [0, 0.05) is 19.3 Å². The molecule has 1 unspecified atom stereocenters. The van der Waals surface area contributed by atoms with E-state index in [-0.39, 0.29) is 5.92 Å². The summed E-state index contributed by atoms with van der Waals surface area (Å²) >= 11 is 0. The zero-order valence-corrected chi connectivity index (χ0v) is 9.60. The van der Waals surface area contributed by atoms with Gasteiger partial charge in [-0.3, -0.25) is 4.79 Å². The van der Waals surface area contributed by atoms with Gasteiger partial charge in [0.1, 0.15) is 0 Å². The van der Waals surface area contributed by atoms with E-state index in [1.165, 1.54) is 0 Å². The Labute approximate surface area is 80.7 Å². The topological polar surface area (TPSA) is 55.8 Å². The van der Waals surface area contributed by atoms with Gasteiger partial charge in [0.25, 0.3) is 0 Å². The minimum Gasteiger partial charge on any atom is -0.481 e. The van der Waals surface area contributed by atoms with Crippen molar-refractivity contribution in [2.45, 2.75) is 26.8 Å². The molecule has 0 fully saturated rings. The molecule has 13 heavy (non-hydrogen) atoms. The Bertz CT molecular complexity index is 145. The maximum absolute atomic E-state index is 10.6. The van der Waals surface area contributed by atoms with E-state index in [2.05, 4.69) is 0 Å². The average molecular weight is 206 g/mol. The largest absolute Gasteiger partial charge is 0.481 e. The van der Waals surface area contributed by atoms with Crippen LogP contribution >= 0.6 is 0 Å². The highest BCUT2D eigenvalue weighted by Crippen LogP contribution is 2.08. The van der Waals surface area contributed by atoms with Crippen LogP contribution in [0.2, 0.25) is 6.04 Å². The fourth-order valence-electron chi connectivity index (χ4n) is 0.945. The molecule has 0 aromatic carbocycles. The first kappa shape index (κ1) is 12.6. The Balaban J connectivity index is 3.85. The van der Waals surface area contributed by atoms with Crippen molar-refractivity contribution in [3.63, 3.8) is 0 Å². The van der Waals surface area contributed by atoms with Gasteiger partial charge in [0.15, 0.2) is 0 Å².